The lowest BCUT2D eigenvalue weighted by Crippen LogP contribution is -2.59. The minimum atomic E-state index is -0.228. The first-order valence-electron chi connectivity index (χ1n) is 17.0. The van der Waals surface area contributed by atoms with Gasteiger partial charge in [0, 0.05) is 66.6 Å². The molecule has 252 valence electrons. The lowest BCUT2D eigenvalue weighted by atomic mass is 9.73. The Hall–Kier alpha value is -4.80. The largest absolute Gasteiger partial charge is 0.381 e. The SMILES string of the molecule is CCCNC(=O)c1ccc(C2=Cc3ccccc3N(C(=O)c3ccc(NC(=O)c4ccc(C)nc4N4CC5(CCOCC5)C4)cc3)CC2)s1. The summed E-state index contributed by atoms with van der Waals surface area (Å²) in [4.78, 5) is 50.5. The van der Waals surface area contributed by atoms with E-state index in [0.717, 1.165) is 73.0 Å². The predicted octanol–water partition coefficient (Wildman–Crippen LogP) is 7.05. The number of aromatic nitrogens is 1. The van der Waals surface area contributed by atoms with Gasteiger partial charge in [-0.15, -0.1) is 11.3 Å². The molecule has 10 heteroatoms. The number of hydrogen-bond acceptors (Lipinski definition) is 7. The van der Waals surface area contributed by atoms with E-state index in [0.29, 0.717) is 47.0 Å². The smallest absolute Gasteiger partial charge is 0.261 e. The molecule has 0 bridgehead atoms. The summed E-state index contributed by atoms with van der Waals surface area (Å²) in [5, 5.41) is 5.97. The van der Waals surface area contributed by atoms with Crippen molar-refractivity contribution in [2.75, 3.05) is 54.5 Å². The zero-order chi connectivity index (χ0) is 34.0. The number of carbonyl (C=O) groups excluding carboxylic acids is 3. The highest BCUT2D eigenvalue weighted by Gasteiger charge is 2.45. The molecular weight excluding hydrogens is 635 g/mol. The maximum atomic E-state index is 14.0. The van der Waals surface area contributed by atoms with E-state index in [1.165, 1.54) is 11.3 Å². The summed E-state index contributed by atoms with van der Waals surface area (Å²) in [6.07, 6.45) is 5.73. The molecule has 0 aliphatic carbocycles. The molecule has 0 saturated carbocycles. The van der Waals surface area contributed by atoms with Gasteiger partial charge < -0.3 is 25.2 Å². The van der Waals surface area contributed by atoms with E-state index in [1.54, 1.807) is 24.3 Å². The second kappa shape index (κ2) is 14.0. The van der Waals surface area contributed by atoms with Crippen LogP contribution in [0.4, 0.5) is 17.2 Å². The minimum Gasteiger partial charge on any atom is -0.381 e. The van der Waals surface area contributed by atoms with Crippen molar-refractivity contribution in [2.45, 2.75) is 39.5 Å². The van der Waals surface area contributed by atoms with Crippen molar-refractivity contribution in [3.8, 4) is 0 Å². The molecule has 3 aliphatic rings. The van der Waals surface area contributed by atoms with Gasteiger partial charge >= 0.3 is 0 Å². The fourth-order valence-corrected chi connectivity index (χ4v) is 7.84. The van der Waals surface area contributed by atoms with Gasteiger partial charge in [0.25, 0.3) is 17.7 Å². The van der Waals surface area contributed by atoms with E-state index in [-0.39, 0.29) is 23.1 Å². The summed E-state index contributed by atoms with van der Waals surface area (Å²) in [5.74, 6) is 0.317. The summed E-state index contributed by atoms with van der Waals surface area (Å²) in [5.41, 5.74) is 5.68. The molecular formula is C39H41N5O4S. The van der Waals surface area contributed by atoms with Crippen LogP contribution in [0.5, 0.6) is 0 Å². The number of hydrogen-bond donors (Lipinski definition) is 2. The van der Waals surface area contributed by atoms with E-state index >= 15 is 0 Å². The highest BCUT2D eigenvalue weighted by molar-refractivity contribution is 7.15. The fourth-order valence-electron chi connectivity index (χ4n) is 6.88. The zero-order valence-electron chi connectivity index (χ0n) is 28.0. The number of amides is 3. The Morgan fingerprint density at radius 3 is 2.49 bits per heavy atom. The van der Waals surface area contributed by atoms with E-state index in [1.807, 2.05) is 67.3 Å². The van der Waals surface area contributed by atoms with E-state index in [4.69, 9.17) is 9.72 Å². The second-order valence-electron chi connectivity index (χ2n) is 13.2. The molecule has 49 heavy (non-hydrogen) atoms. The number of nitrogens with zero attached hydrogens (tertiary/aromatic N) is 3. The zero-order valence-corrected chi connectivity index (χ0v) is 28.8. The van der Waals surface area contributed by atoms with Crippen molar-refractivity contribution in [2.24, 2.45) is 5.41 Å². The average molecular weight is 676 g/mol. The Morgan fingerprint density at radius 2 is 1.71 bits per heavy atom. The normalized spacial score (nSPS) is 16.7. The van der Waals surface area contributed by atoms with Gasteiger partial charge in [-0.05, 0) is 104 Å². The number of thiophene rings is 1. The average Bonchev–Trinajstić information content (AvgIpc) is 3.52. The molecule has 2 N–H and O–H groups in total. The minimum absolute atomic E-state index is 0.0558. The molecule has 2 saturated heterocycles. The van der Waals surface area contributed by atoms with Crippen LogP contribution in [0.1, 0.15) is 79.1 Å². The first-order valence-corrected chi connectivity index (χ1v) is 17.9. The monoisotopic (exact) mass is 675 g/mol. The van der Waals surface area contributed by atoms with Crippen molar-refractivity contribution in [1.82, 2.24) is 10.3 Å². The van der Waals surface area contributed by atoms with Gasteiger partial charge in [-0.1, -0.05) is 25.1 Å². The molecule has 2 fully saturated rings. The maximum absolute atomic E-state index is 14.0. The highest BCUT2D eigenvalue weighted by Crippen LogP contribution is 2.42. The molecule has 2 aromatic carbocycles. The number of para-hydroxylation sites is 1. The van der Waals surface area contributed by atoms with Crippen molar-refractivity contribution in [3.63, 3.8) is 0 Å². The first kappa shape index (κ1) is 32.7. The van der Waals surface area contributed by atoms with Gasteiger partial charge in [-0.3, -0.25) is 14.4 Å². The van der Waals surface area contributed by atoms with Gasteiger partial charge in [-0.25, -0.2) is 4.98 Å². The summed E-state index contributed by atoms with van der Waals surface area (Å²) < 4.78 is 5.57. The Balaban J connectivity index is 1.04. The number of ether oxygens (including phenoxy) is 1. The standard InChI is InChI=1S/C39H41N5O4S/c1-3-19-40-37(46)34-15-14-33(49-34)29-16-20-44(32-7-5-4-6-28(32)23-29)38(47)27-9-11-30(12-10-27)42-36(45)31-13-8-26(2)41-35(31)43-24-39(25-43)17-21-48-22-18-39/h4-15,23H,3,16-22,24-25H2,1-2H3,(H,40,46)(H,42,45). The van der Waals surface area contributed by atoms with Crippen LogP contribution in [0.25, 0.3) is 11.6 Å². The van der Waals surface area contributed by atoms with Crippen LogP contribution in [-0.2, 0) is 4.74 Å². The van der Waals surface area contributed by atoms with E-state index < -0.39 is 0 Å². The summed E-state index contributed by atoms with van der Waals surface area (Å²) in [6.45, 7) is 8.45. The number of nitrogens with one attached hydrogen (secondary N) is 2. The van der Waals surface area contributed by atoms with Gasteiger partial charge in [0.15, 0.2) is 0 Å². The van der Waals surface area contributed by atoms with Crippen molar-refractivity contribution < 1.29 is 19.1 Å². The van der Waals surface area contributed by atoms with Crippen LogP contribution in [0, 0.1) is 12.3 Å². The molecule has 3 aliphatic heterocycles. The van der Waals surface area contributed by atoms with Crippen LogP contribution in [-0.4, -0.2) is 62.1 Å². The molecule has 2 aromatic heterocycles. The Kier molecular flexibility index (Phi) is 9.33. The topological polar surface area (TPSA) is 104 Å². The summed E-state index contributed by atoms with van der Waals surface area (Å²) >= 11 is 1.48. The summed E-state index contributed by atoms with van der Waals surface area (Å²) in [7, 11) is 0. The van der Waals surface area contributed by atoms with Gasteiger partial charge in [0.2, 0.25) is 0 Å². The molecule has 5 heterocycles. The number of benzene rings is 2. The number of rotatable bonds is 8. The van der Waals surface area contributed by atoms with Crippen LogP contribution in [0.2, 0.25) is 0 Å². The van der Waals surface area contributed by atoms with Crippen LogP contribution >= 0.6 is 11.3 Å². The third kappa shape index (κ3) is 6.89. The molecule has 7 rings (SSSR count). The first-order chi connectivity index (χ1) is 23.8. The van der Waals surface area contributed by atoms with Crippen LogP contribution in [0.15, 0.2) is 72.8 Å². The molecule has 0 unspecified atom stereocenters. The number of pyridine rings is 1. The highest BCUT2D eigenvalue weighted by atomic mass is 32.1. The number of carbonyl (C=O) groups is 3. The maximum Gasteiger partial charge on any atom is 0.261 e. The quantitative estimate of drug-likeness (QED) is 0.208. The van der Waals surface area contributed by atoms with Crippen molar-refractivity contribution in [1.29, 1.82) is 0 Å². The molecule has 3 amide bonds. The molecule has 0 atom stereocenters. The number of aryl methyl sites for hydroxylation is 1. The lowest BCUT2D eigenvalue weighted by molar-refractivity contribution is -0.000519. The van der Waals surface area contributed by atoms with Crippen LogP contribution < -0.4 is 20.4 Å². The fraction of sp³-hybridized carbons (Fsp3) is 0.333. The number of fused-ring (bicyclic) bond motifs is 1. The third-order valence-electron chi connectivity index (χ3n) is 9.64. The van der Waals surface area contributed by atoms with Crippen molar-refractivity contribution >= 4 is 57.9 Å². The van der Waals surface area contributed by atoms with Gasteiger partial charge in [0.05, 0.1) is 16.1 Å². The van der Waals surface area contributed by atoms with E-state index in [2.05, 4.69) is 21.6 Å². The lowest BCUT2D eigenvalue weighted by Gasteiger charge is -2.53. The molecule has 0 radical (unpaired) electrons. The van der Waals surface area contributed by atoms with Crippen molar-refractivity contribution in [3.05, 3.63) is 105 Å². The van der Waals surface area contributed by atoms with E-state index in [9.17, 15) is 14.4 Å². The number of anilines is 3. The molecule has 9 nitrogen and oxygen atoms in total. The molecule has 4 aromatic rings. The second-order valence-corrected chi connectivity index (χ2v) is 14.3. The Bertz CT molecular complexity index is 1900. The Morgan fingerprint density at radius 1 is 0.939 bits per heavy atom. The van der Waals surface area contributed by atoms with Gasteiger partial charge in [0.1, 0.15) is 5.82 Å². The predicted molar refractivity (Wildman–Crippen MR) is 196 cm³/mol. The summed E-state index contributed by atoms with van der Waals surface area (Å²) in [6, 6.07) is 22.5. The molecule has 1 spiro atoms. The van der Waals surface area contributed by atoms with Gasteiger partial charge in [-0.2, -0.15) is 0 Å². The van der Waals surface area contributed by atoms with Crippen LogP contribution in [0.3, 0.4) is 0 Å². The third-order valence-corrected chi connectivity index (χ3v) is 10.8. The Labute approximate surface area is 291 Å².